The zero-order valence-electron chi connectivity index (χ0n) is 18.7. The molecule has 1 unspecified atom stereocenters. The van der Waals surface area contributed by atoms with Gasteiger partial charge in [-0.1, -0.05) is 24.3 Å². The van der Waals surface area contributed by atoms with E-state index in [-0.39, 0.29) is 5.91 Å². The second-order valence-electron chi connectivity index (χ2n) is 9.31. The van der Waals surface area contributed by atoms with Crippen molar-refractivity contribution in [1.82, 2.24) is 14.9 Å². The Labute approximate surface area is 190 Å². The first-order valence-electron chi connectivity index (χ1n) is 11.3. The second-order valence-corrected chi connectivity index (χ2v) is 9.31. The molecule has 4 aromatic rings. The number of ether oxygens (including phenoxy) is 2. The first-order valence-corrected chi connectivity index (χ1v) is 11.3. The number of aliphatic hydroxyl groups excluding tert-OH is 1. The number of hydrogen-bond acceptors (Lipinski definition) is 6. The summed E-state index contributed by atoms with van der Waals surface area (Å²) in [6, 6.07) is 13.5. The number of rotatable bonds is 1. The lowest BCUT2D eigenvalue weighted by Crippen LogP contribution is -2.46. The van der Waals surface area contributed by atoms with E-state index in [0.29, 0.717) is 49.3 Å². The first kappa shape index (κ1) is 20.3. The molecule has 2 aliphatic heterocycles. The van der Waals surface area contributed by atoms with E-state index in [0.717, 1.165) is 33.1 Å². The first-order chi connectivity index (χ1) is 15.9. The molecule has 0 spiro atoms. The van der Waals surface area contributed by atoms with E-state index in [4.69, 9.17) is 19.4 Å². The van der Waals surface area contributed by atoms with E-state index in [2.05, 4.69) is 0 Å². The van der Waals surface area contributed by atoms with E-state index in [9.17, 15) is 9.90 Å². The van der Waals surface area contributed by atoms with Crippen LogP contribution >= 0.6 is 0 Å². The van der Waals surface area contributed by atoms with Crippen molar-refractivity contribution in [2.24, 2.45) is 0 Å². The largest absolute Gasteiger partial charge is 0.484 e. The lowest BCUT2D eigenvalue weighted by molar-refractivity contribution is -0.0396. The van der Waals surface area contributed by atoms with E-state index in [1.54, 1.807) is 0 Å². The van der Waals surface area contributed by atoms with Crippen molar-refractivity contribution in [3.63, 3.8) is 0 Å². The maximum atomic E-state index is 13.0. The fourth-order valence-electron chi connectivity index (χ4n) is 4.77. The Balaban J connectivity index is 1.56. The van der Waals surface area contributed by atoms with Gasteiger partial charge in [-0.05, 0) is 32.0 Å². The number of aromatic nitrogens is 2. The smallest absolute Gasteiger partial charge is 0.254 e. The fraction of sp³-hybridized carbons (Fsp3) is 0.346. The van der Waals surface area contributed by atoms with Gasteiger partial charge in [0.15, 0.2) is 0 Å². The molecule has 1 saturated heterocycles. The number of hydrogen-bond donors (Lipinski definition) is 1. The summed E-state index contributed by atoms with van der Waals surface area (Å²) in [5, 5.41) is 12.6. The Morgan fingerprint density at radius 3 is 2.55 bits per heavy atom. The predicted molar refractivity (Wildman–Crippen MR) is 126 cm³/mol. The van der Waals surface area contributed by atoms with E-state index in [1.165, 1.54) is 0 Å². The molecule has 0 saturated carbocycles. The Kier molecular flexibility index (Phi) is 4.54. The highest BCUT2D eigenvalue weighted by Gasteiger charge is 2.38. The highest BCUT2D eigenvalue weighted by Crippen LogP contribution is 2.43. The highest BCUT2D eigenvalue weighted by atomic mass is 16.5. The van der Waals surface area contributed by atoms with Crippen LogP contribution in [0.4, 0.5) is 0 Å². The summed E-state index contributed by atoms with van der Waals surface area (Å²) < 4.78 is 11.7. The second kappa shape index (κ2) is 7.37. The van der Waals surface area contributed by atoms with Crippen LogP contribution in [0.5, 0.6) is 5.75 Å². The lowest BCUT2D eigenvalue weighted by Gasteiger charge is -2.38. The molecule has 3 aromatic carbocycles. The highest BCUT2D eigenvalue weighted by molar-refractivity contribution is 6.11. The van der Waals surface area contributed by atoms with Gasteiger partial charge in [0.25, 0.3) is 5.91 Å². The van der Waals surface area contributed by atoms with Gasteiger partial charge in [0.1, 0.15) is 11.4 Å². The van der Waals surface area contributed by atoms with Crippen molar-refractivity contribution >= 4 is 38.7 Å². The molecular formula is C26H25N3O4. The van der Waals surface area contributed by atoms with Crippen molar-refractivity contribution in [3.05, 3.63) is 53.6 Å². The van der Waals surface area contributed by atoms with Crippen molar-refractivity contribution in [2.75, 3.05) is 26.3 Å². The molecule has 1 amide bonds. The standard InChI is InChI=1S/C26H25N3O4/c1-26(2)21(30)14-18-23-22(16-5-3-4-6-17(16)24(18)33-26)28-20-13-15(7-8-19(20)27-23)25(31)29-9-11-32-12-10-29/h3-8,13,21,30H,9-12,14H2,1-2H3. The SMILES string of the molecule is CC1(C)Oc2c(c3nc4ccc(C(=O)N5CCOCC5)cc4nc3c3ccccc23)CC1O. The molecule has 168 valence electrons. The Hall–Kier alpha value is -3.29. The van der Waals surface area contributed by atoms with Gasteiger partial charge in [0.2, 0.25) is 0 Å². The van der Waals surface area contributed by atoms with Gasteiger partial charge < -0.3 is 19.5 Å². The fourth-order valence-corrected chi connectivity index (χ4v) is 4.77. The quantitative estimate of drug-likeness (QED) is 0.358. The third-order valence-electron chi connectivity index (χ3n) is 6.76. The molecule has 2 aliphatic rings. The monoisotopic (exact) mass is 443 g/mol. The van der Waals surface area contributed by atoms with E-state index >= 15 is 0 Å². The van der Waals surface area contributed by atoms with E-state index in [1.807, 2.05) is 61.2 Å². The molecule has 0 radical (unpaired) electrons. The summed E-state index contributed by atoms with van der Waals surface area (Å²) in [5.74, 6) is 0.748. The van der Waals surface area contributed by atoms with Crippen LogP contribution in [0.15, 0.2) is 42.5 Å². The topological polar surface area (TPSA) is 84.8 Å². The number of fused-ring (bicyclic) bond motifs is 7. The average Bonchev–Trinajstić information content (AvgIpc) is 2.84. The third-order valence-corrected chi connectivity index (χ3v) is 6.76. The number of amides is 1. The van der Waals surface area contributed by atoms with Crippen LogP contribution in [0.2, 0.25) is 0 Å². The van der Waals surface area contributed by atoms with Gasteiger partial charge in [-0.25, -0.2) is 9.97 Å². The minimum Gasteiger partial charge on any atom is -0.484 e. The molecule has 1 N–H and O–H groups in total. The number of morpholine rings is 1. The number of carbonyl (C=O) groups is 1. The van der Waals surface area contributed by atoms with Crippen LogP contribution in [0.25, 0.3) is 32.8 Å². The number of benzene rings is 3. The van der Waals surface area contributed by atoms with Crippen LogP contribution in [-0.2, 0) is 11.2 Å². The zero-order chi connectivity index (χ0) is 22.7. The maximum absolute atomic E-state index is 13.0. The third kappa shape index (κ3) is 3.22. The summed E-state index contributed by atoms with van der Waals surface area (Å²) in [5.41, 5.74) is 3.64. The summed E-state index contributed by atoms with van der Waals surface area (Å²) in [4.78, 5) is 24.7. The normalized spacial score (nSPS) is 20.1. The Bertz CT molecular complexity index is 1430. The van der Waals surface area contributed by atoms with Crippen LogP contribution in [0.1, 0.15) is 29.8 Å². The molecule has 1 aromatic heterocycles. The van der Waals surface area contributed by atoms with Crippen LogP contribution < -0.4 is 4.74 Å². The Morgan fingerprint density at radius 1 is 1.03 bits per heavy atom. The van der Waals surface area contributed by atoms with Crippen molar-refractivity contribution in [2.45, 2.75) is 32.0 Å². The molecule has 0 bridgehead atoms. The van der Waals surface area contributed by atoms with Crippen molar-refractivity contribution in [3.8, 4) is 5.75 Å². The van der Waals surface area contributed by atoms with Gasteiger partial charge in [-0.3, -0.25) is 4.79 Å². The maximum Gasteiger partial charge on any atom is 0.254 e. The van der Waals surface area contributed by atoms with E-state index < -0.39 is 11.7 Å². The number of aliphatic hydroxyl groups is 1. The Morgan fingerprint density at radius 2 is 1.76 bits per heavy atom. The minimum absolute atomic E-state index is 0.0175. The molecule has 33 heavy (non-hydrogen) atoms. The predicted octanol–water partition coefficient (Wildman–Crippen LogP) is 3.48. The minimum atomic E-state index is -0.692. The van der Waals surface area contributed by atoms with Crippen LogP contribution in [0.3, 0.4) is 0 Å². The van der Waals surface area contributed by atoms with Crippen LogP contribution in [0, 0.1) is 0 Å². The van der Waals surface area contributed by atoms with Crippen molar-refractivity contribution in [1.29, 1.82) is 0 Å². The summed E-state index contributed by atoms with van der Waals surface area (Å²) in [6.07, 6.45) is -0.211. The van der Waals surface area contributed by atoms with Gasteiger partial charge in [0.05, 0.1) is 41.4 Å². The molecule has 3 heterocycles. The van der Waals surface area contributed by atoms with Crippen LogP contribution in [-0.4, -0.2) is 63.9 Å². The van der Waals surface area contributed by atoms with Gasteiger partial charge in [-0.15, -0.1) is 0 Å². The van der Waals surface area contributed by atoms with Crippen molar-refractivity contribution < 1.29 is 19.4 Å². The number of nitrogens with zero attached hydrogens (tertiary/aromatic N) is 3. The molecule has 7 nitrogen and oxygen atoms in total. The van der Waals surface area contributed by atoms with Gasteiger partial charge in [0, 0.05) is 41.4 Å². The lowest BCUT2D eigenvalue weighted by atomic mass is 9.88. The molecule has 6 rings (SSSR count). The average molecular weight is 444 g/mol. The molecular weight excluding hydrogens is 418 g/mol. The molecule has 7 heteroatoms. The number of carbonyl (C=O) groups excluding carboxylic acids is 1. The zero-order valence-corrected chi connectivity index (χ0v) is 18.7. The molecule has 1 fully saturated rings. The van der Waals surface area contributed by atoms with Gasteiger partial charge >= 0.3 is 0 Å². The molecule has 0 aliphatic carbocycles. The summed E-state index contributed by atoms with van der Waals surface area (Å²) in [6.45, 7) is 6.11. The van der Waals surface area contributed by atoms with Gasteiger partial charge in [-0.2, -0.15) is 0 Å². The summed E-state index contributed by atoms with van der Waals surface area (Å²) in [7, 11) is 0. The molecule has 1 atom stereocenters. The summed E-state index contributed by atoms with van der Waals surface area (Å²) >= 11 is 0.